The molecule has 1 N–H and O–H groups in total. The van der Waals surface area contributed by atoms with Crippen molar-refractivity contribution in [3.63, 3.8) is 0 Å². The third kappa shape index (κ3) is 6.85. The minimum Gasteiger partial charge on any atom is -0.493 e. The molecule has 0 aliphatic carbocycles. The third-order valence-corrected chi connectivity index (χ3v) is 5.43. The van der Waals surface area contributed by atoms with Crippen LogP contribution in [0.3, 0.4) is 0 Å². The summed E-state index contributed by atoms with van der Waals surface area (Å²) in [5, 5.41) is 9.31. The molecule has 6 heteroatoms. The molecule has 0 spiro atoms. The van der Waals surface area contributed by atoms with Gasteiger partial charge in [-0.25, -0.2) is 0 Å². The van der Waals surface area contributed by atoms with Crippen LogP contribution in [-0.2, 0) is 24.4 Å². The molecule has 4 aromatic rings. The van der Waals surface area contributed by atoms with Gasteiger partial charge < -0.3 is 19.3 Å². The summed E-state index contributed by atoms with van der Waals surface area (Å²) in [6, 6.07) is 28.8. The molecule has 6 nitrogen and oxygen atoms in total. The summed E-state index contributed by atoms with van der Waals surface area (Å²) in [5.41, 5.74) is 4.14. The predicted molar refractivity (Wildman–Crippen MR) is 138 cm³/mol. The first-order chi connectivity index (χ1) is 17.6. The highest BCUT2D eigenvalue weighted by Crippen LogP contribution is 2.38. The van der Waals surface area contributed by atoms with Crippen LogP contribution in [0.1, 0.15) is 30.0 Å². The van der Waals surface area contributed by atoms with Crippen LogP contribution in [0.4, 0.5) is 0 Å². The summed E-state index contributed by atoms with van der Waals surface area (Å²) in [7, 11) is 0. The number of benzene rings is 3. The van der Waals surface area contributed by atoms with E-state index in [-0.39, 0.29) is 6.42 Å². The molecule has 1 aromatic heterocycles. The molecule has 0 aliphatic heterocycles. The third-order valence-electron chi connectivity index (χ3n) is 5.43. The summed E-state index contributed by atoms with van der Waals surface area (Å²) < 4.78 is 18.1. The Morgan fingerprint density at radius 3 is 2.06 bits per heavy atom. The Labute approximate surface area is 211 Å². The molecule has 0 saturated heterocycles. The van der Waals surface area contributed by atoms with Gasteiger partial charge in [-0.1, -0.05) is 73.7 Å². The van der Waals surface area contributed by atoms with E-state index in [0.717, 1.165) is 23.1 Å². The molecule has 0 bridgehead atoms. The van der Waals surface area contributed by atoms with Gasteiger partial charge in [-0.05, 0) is 41.3 Å². The summed E-state index contributed by atoms with van der Waals surface area (Å²) in [6.45, 7) is 3.28. The Kier molecular flexibility index (Phi) is 8.54. The van der Waals surface area contributed by atoms with Crippen molar-refractivity contribution in [1.29, 1.82) is 0 Å². The second-order valence-electron chi connectivity index (χ2n) is 8.30. The van der Waals surface area contributed by atoms with Crippen LogP contribution in [-0.4, -0.2) is 22.7 Å². The lowest BCUT2D eigenvalue weighted by Gasteiger charge is -2.17. The first kappa shape index (κ1) is 24.8. The molecule has 1 heterocycles. The molecule has 3 aromatic carbocycles. The van der Waals surface area contributed by atoms with Crippen molar-refractivity contribution in [1.82, 2.24) is 4.98 Å². The van der Waals surface area contributed by atoms with Crippen LogP contribution in [0.15, 0.2) is 91.0 Å². The predicted octanol–water partition coefficient (Wildman–Crippen LogP) is 6.32. The Balaban J connectivity index is 1.69. The average molecular weight is 484 g/mol. The maximum Gasteiger partial charge on any atom is 0.307 e. The van der Waals surface area contributed by atoms with Gasteiger partial charge in [0, 0.05) is 17.2 Å². The molecule has 184 valence electrons. The van der Waals surface area contributed by atoms with Gasteiger partial charge in [0.2, 0.25) is 11.8 Å². The minimum absolute atomic E-state index is 0.0903. The Bertz CT molecular complexity index is 1280. The number of pyridine rings is 1. The number of hydrogen-bond donors (Lipinski definition) is 1. The lowest BCUT2D eigenvalue weighted by molar-refractivity contribution is -0.136. The van der Waals surface area contributed by atoms with Crippen molar-refractivity contribution >= 4 is 5.97 Å². The smallest absolute Gasteiger partial charge is 0.307 e. The molecule has 4 rings (SSSR count). The van der Waals surface area contributed by atoms with Crippen molar-refractivity contribution in [3.05, 3.63) is 108 Å². The molecule has 0 saturated carbocycles. The number of carboxylic acids is 1. The first-order valence-corrected chi connectivity index (χ1v) is 11.9. The van der Waals surface area contributed by atoms with E-state index in [9.17, 15) is 9.90 Å². The SMILES string of the molecule is CCCOc1ccc(CC(=O)O)cc1-c1ccc(OCc2ccccc2)nc1OCc1ccccc1. The van der Waals surface area contributed by atoms with Crippen LogP contribution in [0, 0.1) is 0 Å². The van der Waals surface area contributed by atoms with Gasteiger partial charge in [-0.15, -0.1) is 0 Å². The number of hydrogen-bond acceptors (Lipinski definition) is 5. The summed E-state index contributed by atoms with van der Waals surface area (Å²) in [4.78, 5) is 16.0. The molecular weight excluding hydrogens is 454 g/mol. The molecule has 0 amide bonds. The zero-order valence-corrected chi connectivity index (χ0v) is 20.2. The maximum atomic E-state index is 11.3. The van der Waals surface area contributed by atoms with Gasteiger partial charge in [0.25, 0.3) is 0 Å². The minimum atomic E-state index is -0.897. The number of aromatic nitrogens is 1. The average Bonchev–Trinajstić information content (AvgIpc) is 2.91. The lowest BCUT2D eigenvalue weighted by atomic mass is 10.0. The first-order valence-electron chi connectivity index (χ1n) is 11.9. The van der Waals surface area contributed by atoms with Crippen molar-refractivity contribution in [2.75, 3.05) is 6.61 Å². The second-order valence-corrected chi connectivity index (χ2v) is 8.30. The molecule has 0 atom stereocenters. The highest BCUT2D eigenvalue weighted by atomic mass is 16.5. The van der Waals surface area contributed by atoms with Gasteiger partial charge in [0.1, 0.15) is 19.0 Å². The molecular formula is C30H29NO5. The monoisotopic (exact) mass is 483 g/mol. The van der Waals surface area contributed by atoms with Gasteiger partial charge in [-0.3, -0.25) is 4.79 Å². The highest BCUT2D eigenvalue weighted by Gasteiger charge is 2.17. The Morgan fingerprint density at radius 2 is 1.42 bits per heavy atom. The van der Waals surface area contributed by atoms with Crippen LogP contribution in [0.5, 0.6) is 17.5 Å². The van der Waals surface area contributed by atoms with E-state index in [2.05, 4.69) is 4.98 Å². The topological polar surface area (TPSA) is 77.9 Å². The Morgan fingerprint density at radius 1 is 0.750 bits per heavy atom. The standard InChI is InChI=1S/C30H29NO5/c1-2-17-34-27-15-13-24(19-29(32)33)18-26(27)25-14-16-28(35-20-22-9-5-3-6-10-22)31-30(25)36-21-23-11-7-4-8-12-23/h3-16,18H,2,17,19-21H2,1H3,(H,32,33). The van der Waals surface area contributed by atoms with E-state index in [0.29, 0.717) is 48.5 Å². The van der Waals surface area contributed by atoms with E-state index in [1.165, 1.54) is 0 Å². The van der Waals surface area contributed by atoms with Crippen LogP contribution < -0.4 is 14.2 Å². The van der Waals surface area contributed by atoms with E-state index >= 15 is 0 Å². The van der Waals surface area contributed by atoms with Crippen LogP contribution >= 0.6 is 0 Å². The van der Waals surface area contributed by atoms with Crippen molar-refractivity contribution in [3.8, 4) is 28.6 Å². The van der Waals surface area contributed by atoms with Crippen LogP contribution in [0.25, 0.3) is 11.1 Å². The van der Waals surface area contributed by atoms with Crippen molar-refractivity contribution < 1.29 is 24.1 Å². The van der Waals surface area contributed by atoms with Crippen molar-refractivity contribution in [2.45, 2.75) is 33.0 Å². The molecule has 0 radical (unpaired) electrons. The molecule has 36 heavy (non-hydrogen) atoms. The normalized spacial score (nSPS) is 10.6. The highest BCUT2D eigenvalue weighted by molar-refractivity contribution is 5.77. The van der Waals surface area contributed by atoms with Gasteiger partial charge in [0.15, 0.2) is 0 Å². The van der Waals surface area contributed by atoms with E-state index in [1.807, 2.05) is 85.8 Å². The number of carbonyl (C=O) groups is 1. The number of nitrogens with zero attached hydrogens (tertiary/aromatic N) is 1. The summed E-state index contributed by atoms with van der Waals surface area (Å²) in [6.07, 6.45) is 0.755. The number of rotatable bonds is 12. The summed E-state index contributed by atoms with van der Waals surface area (Å²) >= 11 is 0. The molecule has 0 aliphatic rings. The fraction of sp³-hybridized carbons (Fsp3) is 0.200. The van der Waals surface area contributed by atoms with Gasteiger partial charge in [0.05, 0.1) is 13.0 Å². The fourth-order valence-corrected chi connectivity index (χ4v) is 3.69. The lowest BCUT2D eigenvalue weighted by Crippen LogP contribution is -2.05. The Hall–Kier alpha value is -4.32. The largest absolute Gasteiger partial charge is 0.493 e. The number of carboxylic acid groups (broad SMARTS) is 1. The maximum absolute atomic E-state index is 11.3. The summed E-state index contributed by atoms with van der Waals surface area (Å²) in [5.74, 6) is 0.573. The van der Waals surface area contributed by atoms with Gasteiger partial charge in [-0.2, -0.15) is 4.98 Å². The van der Waals surface area contributed by atoms with Crippen LogP contribution in [0.2, 0.25) is 0 Å². The zero-order valence-electron chi connectivity index (χ0n) is 20.2. The molecule has 0 fully saturated rings. The van der Waals surface area contributed by atoms with E-state index < -0.39 is 5.97 Å². The van der Waals surface area contributed by atoms with E-state index in [1.54, 1.807) is 12.1 Å². The number of ether oxygens (including phenoxy) is 3. The second kappa shape index (κ2) is 12.4. The zero-order chi connectivity index (χ0) is 25.2. The van der Waals surface area contributed by atoms with Gasteiger partial charge >= 0.3 is 5.97 Å². The number of aliphatic carboxylic acids is 1. The quantitative estimate of drug-likeness (QED) is 0.254. The van der Waals surface area contributed by atoms with Crippen molar-refractivity contribution in [2.24, 2.45) is 0 Å². The van der Waals surface area contributed by atoms with E-state index in [4.69, 9.17) is 14.2 Å². The molecule has 0 unspecified atom stereocenters. The fourth-order valence-electron chi connectivity index (χ4n) is 3.69.